The van der Waals surface area contributed by atoms with E-state index in [1.165, 1.54) is 12.8 Å². The molecule has 1 saturated carbocycles. The zero-order valence-corrected chi connectivity index (χ0v) is 12.0. The second-order valence-electron chi connectivity index (χ2n) is 5.44. The monoisotopic (exact) mass is 286 g/mol. The lowest BCUT2D eigenvalue weighted by Crippen LogP contribution is -2.34. The number of hydrogen-bond acceptors (Lipinski definition) is 5. The topological polar surface area (TPSA) is 80.9 Å². The number of carbonyl (C=O) groups is 1. The van der Waals surface area contributed by atoms with Gasteiger partial charge in [0.25, 0.3) is 0 Å². The summed E-state index contributed by atoms with van der Waals surface area (Å²) in [7, 11) is 0. The number of carbonyl (C=O) groups excluding carboxylic acids is 1. The fourth-order valence-corrected chi connectivity index (χ4v) is 2.24. The second kappa shape index (κ2) is 6.03. The fourth-order valence-electron chi connectivity index (χ4n) is 2.24. The molecule has 0 spiro atoms. The summed E-state index contributed by atoms with van der Waals surface area (Å²) >= 11 is 0. The molecule has 1 N–H and O–H groups in total. The van der Waals surface area contributed by atoms with Crippen LogP contribution >= 0.6 is 0 Å². The third-order valence-electron chi connectivity index (χ3n) is 3.69. The van der Waals surface area contributed by atoms with Crippen molar-refractivity contribution in [1.29, 1.82) is 0 Å². The molecule has 0 radical (unpaired) electrons. The fraction of sp³-hybridized carbons (Fsp3) is 0.467. The summed E-state index contributed by atoms with van der Waals surface area (Å²) in [6.45, 7) is 2.06. The predicted octanol–water partition coefficient (Wildman–Crippen LogP) is 1.98. The van der Waals surface area contributed by atoms with E-state index in [9.17, 15) is 4.79 Å². The van der Waals surface area contributed by atoms with Crippen molar-refractivity contribution in [3.63, 3.8) is 0 Å². The molecule has 0 unspecified atom stereocenters. The van der Waals surface area contributed by atoms with E-state index in [0.717, 1.165) is 5.56 Å². The van der Waals surface area contributed by atoms with Crippen LogP contribution in [-0.2, 0) is 11.2 Å². The summed E-state index contributed by atoms with van der Waals surface area (Å²) in [6, 6.07) is 3.91. The van der Waals surface area contributed by atoms with Crippen molar-refractivity contribution in [3.8, 4) is 11.4 Å². The van der Waals surface area contributed by atoms with Gasteiger partial charge in [0.15, 0.2) is 0 Å². The SMILES string of the molecule is C[C@@H](NC(=O)CCc1nc(-c2ccncc2)no1)C1CC1. The Morgan fingerprint density at radius 1 is 1.43 bits per heavy atom. The number of nitrogens with zero attached hydrogens (tertiary/aromatic N) is 3. The molecule has 1 atom stereocenters. The third kappa shape index (κ3) is 3.65. The van der Waals surface area contributed by atoms with Crippen LogP contribution in [-0.4, -0.2) is 27.1 Å². The molecule has 3 rings (SSSR count). The molecule has 6 heteroatoms. The van der Waals surface area contributed by atoms with Crippen LogP contribution in [0.5, 0.6) is 0 Å². The molecule has 1 amide bonds. The van der Waals surface area contributed by atoms with Gasteiger partial charge in [-0.1, -0.05) is 5.16 Å². The number of rotatable bonds is 6. The van der Waals surface area contributed by atoms with Gasteiger partial charge in [-0.25, -0.2) is 0 Å². The summed E-state index contributed by atoms with van der Waals surface area (Å²) in [4.78, 5) is 20.1. The summed E-state index contributed by atoms with van der Waals surface area (Å²) in [5, 5.41) is 6.93. The molecule has 0 saturated heterocycles. The van der Waals surface area contributed by atoms with Crippen molar-refractivity contribution in [2.45, 2.75) is 38.6 Å². The lowest BCUT2D eigenvalue weighted by atomic mass is 10.2. The number of aromatic nitrogens is 3. The number of amides is 1. The van der Waals surface area contributed by atoms with E-state index >= 15 is 0 Å². The van der Waals surface area contributed by atoms with E-state index in [4.69, 9.17) is 4.52 Å². The zero-order valence-electron chi connectivity index (χ0n) is 12.0. The highest BCUT2D eigenvalue weighted by Gasteiger charge is 2.28. The molecule has 0 aromatic carbocycles. The van der Waals surface area contributed by atoms with Crippen molar-refractivity contribution < 1.29 is 9.32 Å². The Labute approximate surface area is 123 Å². The molecule has 1 aliphatic rings. The summed E-state index contributed by atoms with van der Waals surface area (Å²) < 4.78 is 5.17. The molecule has 2 aromatic rings. The van der Waals surface area contributed by atoms with Gasteiger partial charge in [-0.05, 0) is 37.8 Å². The molecule has 0 bridgehead atoms. The summed E-state index contributed by atoms with van der Waals surface area (Å²) in [6.07, 6.45) is 6.63. The van der Waals surface area contributed by atoms with Gasteiger partial charge in [0, 0.05) is 36.8 Å². The van der Waals surface area contributed by atoms with Gasteiger partial charge in [-0.2, -0.15) is 4.98 Å². The van der Waals surface area contributed by atoms with Crippen molar-refractivity contribution >= 4 is 5.91 Å². The maximum absolute atomic E-state index is 11.8. The van der Waals surface area contributed by atoms with Crippen LogP contribution in [0.25, 0.3) is 11.4 Å². The van der Waals surface area contributed by atoms with Crippen molar-refractivity contribution in [1.82, 2.24) is 20.4 Å². The first kappa shape index (κ1) is 13.7. The van der Waals surface area contributed by atoms with Crippen LogP contribution in [0.3, 0.4) is 0 Å². The van der Waals surface area contributed by atoms with Crippen LogP contribution in [0.15, 0.2) is 29.0 Å². The van der Waals surface area contributed by atoms with Crippen LogP contribution in [0.4, 0.5) is 0 Å². The number of nitrogens with one attached hydrogen (secondary N) is 1. The van der Waals surface area contributed by atoms with Crippen LogP contribution in [0.2, 0.25) is 0 Å². The molecule has 2 heterocycles. The molecule has 1 fully saturated rings. The number of aryl methyl sites for hydroxylation is 1. The molecule has 6 nitrogen and oxygen atoms in total. The molecule has 0 aliphatic heterocycles. The minimum atomic E-state index is 0.0399. The smallest absolute Gasteiger partial charge is 0.227 e. The van der Waals surface area contributed by atoms with Gasteiger partial charge in [0.2, 0.25) is 17.6 Å². The Bertz CT molecular complexity index is 607. The van der Waals surface area contributed by atoms with E-state index in [0.29, 0.717) is 30.5 Å². The first-order valence-electron chi connectivity index (χ1n) is 7.25. The van der Waals surface area contributed by atoms with E-state index in [1.807, 2.05) is 12.1 Å². The molecular weight excluding hydrogens is 268 g/mol. The first-order chi connectivity index (χ1) is 10.2. The van der Waals surface area contributed by atoms with E-state index in [2.05, 4.69) is 27.4 Å². The first-order valence-corrected chi connectivity index (χ1v) is 7.25. The van der Waals surface area contributed by atoms with Crippen molar-refractivity contribution in [2.75, 3.05) is 0 Å². The largest absolute Gasteiger partial charge is 0.353 e. The maximum Gasteiger partial charge on any atom is 0.227 e. The average Bonchev–Trinajstić information content (AvgIpc) is 3.25. The highest BCUT2D eigenvalue weighted by molar-refractivity contribution is 5.76. The highest BCUT2D eigenvalue weighted by Crippen LogP contribution is 2.32. The van der Waals surface area contributed by atoms with E-state index in [-0.39, 0.29) is 11.9 Å². The van der Waals surface area contributed by atoms with Gasteiger partial charge in [-0.15, -0.1) is 0 Å². The zero-order chi connectivity index (χ0) is 14.7. The van der Waals surface area contributed by atoms with Gasteiger partial charge in [0.1, 0.15) is 0 Å². The Hall–Kier alpha value is -2.24. The highest BCUT2D eigenvalue weighted by atomic mass is 16.5. The maximum atomic E-state index is 11.8. The van der Waals surface area contributed by atoms with Crippen LogP contribution < -0.4 is 5.32 Å². The molecule has 110 valence electrons. The quantitative estimate of drug-likeness (QED) is 0.878. The van der Waals surface area contributed by atoms with Gasteiger partial charge >= 0.3 is 0 Å². The van der Waals surface area contributed by atoms with Gasteiger partial charge in [0.05, 0.1) is 0 Å². The van der Waals surface area contributed by atoms with Gasteiger partial charge < -0.3 is 9.84 Å². The number of pyridine rings is 1. The minimum absolute atomic E-state index is 0.0399. The molecular formula is C15H18N4O2. The minimum Gasteiger partial charge on any atom is -0.353 e. The Kier molecular flexibility index (Phi) is 3.94. The summed E-state index contributed by atoms with van der Waals surface area (Å²) in [5.41, 5.74) is 0.854. The lowest BCUT2D eigenvalue weighted by Gasteiger charge is -2.11. The Morgan fingerprint density at radius 3 is 2.90 bits per heavy atom. The lowest BCUT2D eigenvalue weighted by molar-refractivity contribution is -0.121. The second-order valence-corrected chi connectivity index (χ2v) is 5.44. The third-order valence-corrected chi connectivity index (χ3v) is 3.69. The normalized spacial score (nSPS) is 15.7. The Morgan fingerprint density at radius 2 is 2.19 bits per heavy atom. The van der Waals surface area contributed by atoms with Crippen LogP contribution in [0.1, 0.15) is 32.1 Å². The number of hydrogen-bond donors (Lipinski definition) is 1. The average molecular weight is 286 g/mol. The molecule has 21 heavy (non-hydrogen) atoms. The molecule has 2 aromatic heterocycles. The van der Waals surface area contributed by atoms with E-state index < -0.39 is 0 Å². The predicted molar refractivity (Wildman–Crippen MR) is 76.2 cm³/mol. The summed E-state index contributed by atoms with van der Waals surface area (Å²) in [5.74, 6) is 1.71. The standard InChI is InChI=1S/C15H18N4O2/c1-10(11-2-3-11)17-13(20)4-5-14-18-15(19-21-14)12-6-8-16-9-7-12/h6-11H,2-5H2,1H3,(H,17,20)/t10-/m1/s1. The Balaban J connectivity index is 1.51. The van der Waals surface area contributed by atoms with Gasteiger partial charge in [-0.3, -0.25) is 9.78 Å². The molecule has 1 aliphatic carbocycles. The van der Waals surface area contributed by atoms with E-state index in [1.54, 1.807) is 12.4 Å². The van der Waals surface area contributed by atoms with Crippen molar-refractivity contribution in [2.24, 2.45) is 5.92 Å². The van der Waals surface area contributed by atoms with Crippen LogP contribution in [0, 0.1) is 5.92 Å². The van der Waals surface area contributed by atoms with Crippen molar-refractivity contribution in [3.05, 3.63) is 30.4 Å².